The van der Waals surface area contributed by atoms with Gasteiger partial charge in [0.05, 0.1) is 12.2 Å². The average molecular weight is 170 g/mol. The van der Waals surface area contributed by atoms with E-state index in [-0.39, 0.29) is 5.79 Å². The van der Waals surface area contributed by atoms with Crippen molar-refractivity contribution in [3.63, 3.8) is 0 Å². The Hall–Kier alpha value is -0.0800. The van der Waals surface area contributed by atoms with Crippen LogP contribution in [0, 0.1) is 0 Å². The van der Waals surface area contributed by atoms with Gasteiger partial charge in [-0.1, -0.05) is 0 Å². The zero-order valence-corrected chi connectivity index (χ0v) is 8.01. The first-order chi connectivity index (χ1) is 5.70. The Kier molecular flexibility index (Phi) is 2.13. The monoisotopic (exact) mass is 170 g/mol. The maximum absolute atomic E-state index is 5.88. The molecule has 1 spiro atoms. The van der Waals surface area contributed by atoms with Crippen LogP contribution < -0.4 is 0 Å². The van der Waals surface area contributed by atoms with Gasteiger partial charge >= 0.3 is 0 Å². The van der Waals surface area contributed by atoms with Crippen LogP contribution in [0.25, 0.3) is 0 Å². The molecule has 0 saturated carbocycles. The van der Waals surface area contributed by atoms with Gasteiger partial charge in [-0.3, -0.25) is 0 Å². The molecule has 2 heterocycles. The summed E-state index contributed by atoms with van der Waals surface area (Å²) in [4.78, 5) is 0. The average Bonchev–Trinajstić information content (AvgIpc) is 2.32. The van der Waals surface area contributed by atoms with Gasteiger partial charge in [-0.2, -0.15) is 0 Å². The van der Waals surface area contributed by atoms with E-state index in [1.54, 1.807) is 0 Å². The molecule has 0 bridgehead atoms. The number of rotatable bonds is 0. The van der Waals surface area contributed by atoms with E-state index in [1.165, 1.54) is 12.8 Å². The summed E-state index contributed by atoms with van der Waals surface area (Å²) >= 11 is 0. The van der Waals surface area contributed by atoms with E-state index in [1.807, 2.05) is 0 Å². The second kappa shape index (κ2) is 3.00. The molecule has 2 nitrogen and oxygen atoms in total. The van der Waals surface area contributed by atoms with E-state index in [0.717, 1.165) is 19.3 Å². The largest absolute Gasteiger partial charge is 0.347 e. The van der Waals surface area contributed by atoms with Crippen molar-refractivity contribution in [2.45, 2.75) is 63.9 Å². The third-order valence-corrected chi connectivity index (χ3v) is 2.93. The van der Waals surface area contributed by atoms with E-state index in [9.17, 15) is 0 Å². The molecule has 3 atom stereocenters. The molecule has 2 rings (SSSR count). The molecule has 0 radical (unpaired) electrons. The maximum Gasteiger partial charge on any atom is 0.169 e. The van der Waals surface area contributed by atoms with Crippen molar-refractivity contribution < 1.29 is 9.47 Å². The predicted molar refractivity (Wildman–Crippen MR) is 46.9 cm³/mol. The van der Waals surface area contributed by atoms with Crippen molar-refractivity contribution in [3.05, 3.63) is 0 Å². The van der Waals surface area contributed by atoms with Crippen LogP contribution in [-0.2, 0) is 9.47 Å². The van der Waals surface area contributed by atoms with Crippen LogP contribution in [0.2, 0.25) is 0 Å². The Morgan fingerprint density at radius 3 is 2.25 bits per heavy atom. The van der Waals surface area contributed by atoms with E-state index in [0.29, 0.717) is 12.2 Å². The Labute approximate surface area is 74.2 Å². The van der Waals surface area contributed by atoms with Gasteiger partial charge in [0.15, 0.2) is 5.79 Å². The van der Waals surface area contributed by atoms with Gasteiger partial charge in [0.1, 0.15) is 0 Å². The smallest absolute Gasteiger partial charge is 0.169 e. The van der Waals surface area contributed by atoms with Crippen LogP contribution >= 0.6 is 0 Å². The fourth-order valence-electron chi connectivity index (χ4n) is 2.32. The summed E-state index contributed by atoms with van der Waals surface area (Å²) in [6.45, 7) is 4.28. The van der Waals surface area contributed by atoms with Crippen molar-refractivity contribution in [2.24, 2.45) is 0 Å². The van der Waals surface area contributed by atoms with Crippen LogP contribution in [0.15, 0.2) is 0 Å². The second-order valence-electron chi connectivity index (χ2n) is 4.20. The van der Waals surface area contributed by atoms with Crippen LogP contribution in [0.1, 0.15) is 46.0 Å². The number of ether oxygens (including phenoxy) is 2. The molecular weight excluding hydrogens is 152 g/mol. The summed E-state index contributed by atoms with van der Waals surface area (Å²) in [5.41, 5.74) is 0. The third-order valence-electron chi connectivity index (χ3n) is 2.93. The van der Waals surface area contributed by atoms with E-state index in [2.05, 4.69) is 13.8 Å². The van der Waals surface area contributed by atoms with Crippen LogP contribution in [0.4, 0.5) is 0 Å². The molecular formula is C10H18O2. The molecule has 0 aromatic heterocycles. The molecule has 0 aliphatic carbocycles. The molecule has 2 saturated heterocycles. The van der Waals surface area contributed by atoms with Crippen LogP contribution in [-0.4, -0.2) is 18.0 Å². The van der Waals surface area contributed by atoms with Crippen molar-refractivity contribution in [3.8, 4) is 0 Å². The van der Waals surface area contributed by atoms with Crippen molar-refractivity contribution in [1.29, 1.82) is 0 Å². The molecule has 2 heteroatoms. The lowest BCUT2D eigenvalue weighted by atomic mass is 9.99. The van der Waals surface area contributed by atoms with Gasteiger partial charge in [-0.25, -0.2) is 0 Å². The van der Waals surface area contributed by atoms with Crippen LogP contribution in [0.5, 0.6) is 0 Å². The maximum atomic E-state index is 5.88. The third kappa shape index (κ3) is 1.50. The van der Waals surface area contributed by atoms with Gasteiger partial charge < -0.3 is 9.47 Å². The molecule has 2 aliphatic heterocycles. The van der Waals surface area contributed by atoms with Gasteiger partial charge in [-0.05, 0) is 33.1 Å². The Balaban J connectivity index is 2.00. The molecule has 2 aliphatic rings. The number of hydrogen-bond acceptors (Lipinski definition) is 2. The van der Waals surface area contributed by atoms with Gasteiger partial charge in [0.25, 0.3) is 0 Å². The lowest BCUT2D eigenvalue weighted by Crippen LogP contribution is -2.39. The van der Waals surface area contributed by atoms with Crippen LogP contribution in [0.3, 0.4) is 0 Å². The normalized spacial score (nSPS) is 48.5. The fraction of sp³-hybridized carbons (Fsp3) is 1.00. The molecule has 0 aromatic rings. The van der Waals surface area contributed by atoms with E-state index in [4.69, 9.17) is 9.47 Å². The Morgan fingerprint density at radius 1 is 1.00 bits per heavy atom. The van der Waals surface area contributed by atoms with E-state index >= 15 is 0 Å². The number of hydrogen-bond donors (Lipinski definition) is 0. The summed E-state index contributed by atoms with van der Waals surface area (Å²) in [7, 11) is 0. The summed E-state index contributed by atoms with van der Waals surface area (Å²) in [6.07, 6.45) is 6.60. The van der Waals surface area contributed by atoms with Crippen molar-refractivity contribution in [1.82, 2.24) is 0 Å². The minimum Gasteiger partial charge on any atom is -0.347 e. The molecule has 12 heavy (non-hydrogen) atoms. The lowest BCUT2D eigenvalue weighted by molar-refractivity contribution is -0.264. The molecule has 0 N–H and O–H groups in total. The summed E-state index contributed by atoms with van der Waals surface area (Å²) < 4.78 is 11.7. The minimum atomic E-state index is -0.183. The highest BCUT2D eigenvalue weighted by molar-refractivity contribution is 4.83. The lowest BCUT2D eigenvalue weighted by Gasteiger charge is -2.36. The van der Waals surface area contributed by atoms with Crippen molar-refractivity contribution >= 4 is 0 Å². The first kappa shape index (κ1) is 8.52. The van der Waals surface area contributed by atoms with Crippen molar-refractivity contribution in [2.75, 3.05) is 0 Å². The first-order valence-electron chi connectivity index (χ1n) is 5.06. The van der Waals surface area contributed by atoms with Gasteiger partial charge in [0, 0.05) is 12.8 Å². The molecule has 70 valence electrons. The molecule has 0 unspecified atom stereocenters. The zero-order valence-electron chi connectivity index (χ0n) is 8.01. The SMILES string of the molecule is C[C@@H]1CCC[C@@]2(CC[C@H](C)O2)O1. The molecule has 0 aromatic carbocycles. The summed E-state index contributed by atoms with van der Waals surface area (Å²) in [5.74, 6) is -0.183. The highest BCUT2D eigenvalue weighted by Gasteiger charge is 2.42. The van der Waals surface area contributed by atoms with E-state index < -0.39 is 0 Å². The predicted octanol–water partition coefficient (Wildman–Crippen LogP) is 2.47. The van der Waals surface area contributed by atoms with Gasteiger partial charge in [-0.15, -0.1) is 0 Å². The highest BCUT2D eigenvalue weighted by atomic mass is 16.7. The Morgan fingerprint density at radius 2 is 1.67 bits per heavy atom. The molecule has 2 fully saturated rings. The standard InChI is InChI=1S/C10H18O2/c1-8-4-3-6-10(11-8)7-5-9(2)12-10/h8-9H,3-7H2,1-2H3/t8-,9+,10-/m1/s1. The Bertz CT molecular complexity index is 165. The quantitative estimate of drug-likeness (QED) is 0.556. The summed E-state index contributed by atoms with van der Waals surface area (Å²) in [5, 5.41) is 0. The second-order valence-corrected chi connectivity index (χ2v) is 4.20. The zero-order chi connectivity index (χ0) is 8.60. The topological polar surface area (TPSA) is 18.5 Å². The minimum absolute atomic E-state index is 0.183. The van der Waals surface area contributed by atoms with Gasteiger partial charge in [0.2, 0.25) is 0 Å². The molecule has 0 amide bonds. The highest BCUT2D eigenvalue weighted by Crippen LogP contribution is 2.40. The fourth-order valence-corrected chi connectivity index (χ4v) is 2.32. The first-order valence-corrected chi connectivity index (χ1v) is 5.06. The summed E-state index contributed by atoms with van der Waals surface area (Å²) in [6, 6.07) is 0.